The molecule has 1 aromatic heterocycles. The Morgan fingerprint density at radius 1 is 1.62 bits per heavy atom. The Hall–Kier alpha value is -1.45. The molecule has 4 heteroatoms. The van der Waals surface area contributed by atoms with Gasteiger partial charge in [0.15, 0.2) is 0 Å². The first-order valence-corrected chi connectivity index (χ1v) is 4.29. The van der Waals surface area contributed by atoms with Gasteiger partial charge >= 0.3 is 0 Å². The second kappa shape index (κ2) is 4.54. The van der Waals surface area contributed by atoms with Crippen molar-refractivity contribution in [3.8, 4) is 0 Å². The van der Waals surface area contributed by atoms with Gasteiger partial charge in [0.25, 0.3) is 0 Å². The third-order valence-electron chi connectivity index (χ3n) is 1.73. The van der Waals surface area contributed by atoms with E-state index in [1.54, 1.807) is 18.6 Å². The molecular formula is C9H13N3O. The summed E-state index contributed by atoms with van der Waals surface area (Å²) in [6, 6.07) is -0.0684. The molecule has 0 aliphatic heterocycles. The monoisotopic (exact) mass is 179 g/mol. The molecule has 1 atom stereocenters. The Labute approximate surface area is 77.4 Å². The minimum Gasteiger partial charge on any atom is -0.348 e. The summed E-state index contributed by atoms with van der Waals surface area (Å²) in [5.74, 6) is 0.0261. The summed E-state index contributed by atoms with van der Waals surface area (Å²) in [5, 5.41) is 2.80. The third-order valence-corrected chi connectivity index (χ3v) is 1.73. The van der Waals surface area contributed by atoms with E-state index >= 15 is 0 Å². The summed E-state index contributed by atoms with van der Waals surface area (Å²) in [6.45, 7) is 3.70. The van der Waals surface area contributed by atoms with Crippen molar-refractivity contribution in [1.82, 2.24) is 15.3 Å². The van der Waals surface area contributed by atoms with E-state index in [2.05, 4.69) is 15.3 Å². The zero-order valence-electron chi connectivity index (χ0n) is 7.82. The van der Waals surface area contributed by atoms with Gasteiger partial charge in [-0.2, -0.15) is 0 Å². The predicted molar refractivity (Wildman–Crippen MR) is 48.9 cm³/mol. The summed E-state index contributed by atoms with van der Waals surface area (Å²) in [4.78, 5) is 19.1. The van der Waals surface area contributed by atoms with Crippen LogP contribution in [0.2, 0.25) is 0 Å². The van der Waals surface area contributed by atoms with Gasteiger partial charge in [-0.25, -0.2) is 0 Å². The standard InChI is InChI=1S/C9H13N3O/c1-3-9(13)12-7(2)8-6-10-4-5-11-8/h4-7H,3H2,1-2H3,(H,12,13)/t7-/m1/s1. The topological polar surface area (TPSA) is 54.9 Å². The first-order valence-electron chi connectivity index (χ1n) is 4.29. The maximum absolute atomic E-state index is 11.0. The average molecular weight is 179 g/mol. The molecule has 70 valence electrons. The second-order valence-electron chi connectivity index (χ2n) is 2.77. The van der Waals surface area contributed by atoms with Crippen molar-refractivity contribution in [2.75, 3.05) is 0 Å². The van der Waals surface area contributed by atoms with Crippen LogP contribution in [0.5, 0.6) is 0 Å². The van der Waals surface area contributed by atoms with Gasteiger partial charge in [0, 0.05) is 18.8 Å². The van der Waals surface area contributed by atoms with E-state index in [0.717, 1.165) is 5.69 Å². The minimum atomic E-state index is -0.0684. The van der Waals surface area contributed by atoms with Gasteiger partial charge in [-0.05, 0) is 6.92 Å². The number of hydrogen-bond acceptors (Lipinski definition) is 3. The molecule has 1 aromatic rings. The Kier molecular flexibility index (Phi) is 3.37. The maximum Gasteiger partial charge on any atom is 0.220 e. The summed E-state index contributed by atoms with van der Waals surface area (Å²) in [5.41, 5.74) is 0.782. The van der Waals surface area contributed by atoms with Crippen molar-refractivity contribution in [2.24, 2.45) is 0 Å². The molecule has 1 amide bonds. The summed E-state index contributed by atoms with van der Waals surface area (Å²) in [7, 11) is 0. The molecule has 0 radical (unpaired) electrons. The van der Waals surface area contributed by atoms with Crippen LogP contribution in [-0.2, 0) is 4.79 Å². The Bertz CT molecular complexity index is 273. The van der Waals surface area contributed by atoms with Crippen LogP contribution in [0.1, 0.15) is 32.0 Å². The molecule has 0 aromatic carbocycles. The molecule has 0 aliphatic carbocycles. The fraction of sp³-hybridized carbons (Fsp3) is 0.444. The van der Waals surface area contributed by atoms with E-state index in [1.165, 1.54) is 0 Å². The van der Waals surface area contributed by atoms with Crippen molar-refractivity contribution < 1.29 is 4.79 Å². The Morgan fingerprint density at radius 2 is 2.38 bits per heavy atom. The number of carbonyl (C=O) groups excluding carboxylic acids is 1. The van der Waals surface area contributed by atoms with Crippen LogP contribution in [-0.4, -0.2) is 15.9 Å². The van der Waals surface area contributed by atoms with Crippen LogP contribution in [0.25, 0.3) is 0 Å². The Morgan fingerprint density at radius 3 is 2.92 bits per heavy atom. The van der Waals surface area contributed by atoms with Gasteiger partial charge < -0.3 is 5.32 Å². The summed E-state index contributed by atoms with van der Waals surface area (Å²) >= 11 is 0. The largest absolute Gasteiger partial charge is 0.348 e. The van der Waals surface area contributed by atoms with Crippen molar-refractivity contribution in [3.05, 3.63) is 24.3 Å². The van der Waals surface area contributed by atoms with Gasteiger partial charge in [-0.3, -0.25) is 14.8 Å². The highest BCUT2D eigenvalue weighted by molar-refractivity contribution is 5.75. The lowest BCUT2D eigenvalue weighted by atomic mass is 10.2. The third kappa shape index (κ3) is 2.82. The number of aromatic nitrogens is 2. The van der Waals surface area contributed by atoms with Crippen molar-refractivity contribution in [3.63, 3.8) is 0 Å². The van der Waals surface area contributed by atoms with Crippen molar-refractivity contribution in [2.45, 2.75) is 26.3 Å². The Balaban J connectivity index is 2.59. The highest BCUT2D eigenvalue weighted by atomic mass is 16.1. The van der Waals surface area contributed by atoms with E-state index in [-0.39, 0.29) is 11.9 Å². The highest BCUT2D eigenvalue weighted by Crippen LogP contribution is 2.05. The molecule has 1 heterocycles. The van der Waals surface area contributed by atoms with Crippen LogP contribution in [0.15, 0.2) is 18.6 Å². The molecule has 0 saturated carbocycles. The first-order chi connectivity index (χ1) is 6.24. The molecule has 0 bridgehead atoms. The van der Waals surface area contributed by atoms with Gasteiger partial charge in [0.1, 0.15) is 0 Å². The zero-order valence-corrected chi connectivity index (χ0v) is 7.82. The van der Waals surface area contributed by atoms with E-state index in [9.17, 15) is 4.79 Å². The second-order valence-corrected chi connectivity index (χ2v) is 2.77. The molecule has 0 saturated heterocycles. The summed E-state index contributed by atoms with van der Waals surface area (Å²) in [6.07, 6.45) is 5.37. The lowest BCUT2D eigenvalue weighted by Gasteiger charge is -2.11. The van der Waals surface area contributed by atoms with Gasteiger partial charge in [-0.1, -0.05) is 6.92 Å². The molecule has 0 fully saturated rings. The predicted octanol–water partition coefficient (Wildman–Crippen LogP) is 1.06. The minimum absolute atomic E-state index is 0.0261. The maximum atomic E-state index is 11.0. The molecule has 1 N–H and O–H groups in total. The fourth-order valence-electron chi connectivity index (χ4n) is 0.952. The number of rotatable bonds is 3. The molecule has 0 aliphatic rings. The van der Waals surface area contributed by atoms with Gasteiger partial charge in [0.2, 0.25) is 5.91 Å². The van der Waals surface area contributed by atoms with E-state index in [4.69, 9.17) is 0 Å². The summed E-state index contributed by atoms with van der Waals surface area (Å²) < 4.78 is 0. The molecule has 0 spiro atoms. The SMILES string of the molecule is CCC(=O)N[C@H](C)c1cnccn1. The van der Waals surface area contributed by atoms with Gasteiger partial charge in [-0.15, -0.1) is 0 Å². The quantitative estimate of drug-likeness (QED) is 0.755. The number of amides is 1. The molecule has 1 rings (SSSR count). The lowest BCUT2D eigenvalue weighted by molar-refractivity contribution is -0.121. The number of hydrogen-bond donors (Lipinski definition) is 1. The first kappa shape index (κ1) is 9.64. The number of nitrogens with zero attached hydrogens (tertiary/aromatic N) is 2. The van der Waals surface area contributed by atoms with E-state index < -0.39 is 0 Å². The van der Waals surface area contributed by atoms with Crippen LogP contribution in [0.3, 0.4) is 0 Å². The molecule has 13 heavy (non-hydrogen) atoms. The normalized spacial score (nSPS) is 12.2. The van der Waals surface area contributed by atoms with Crippen LogP contribution < -0.4 is 5.32 Å². The fourth-order valence-corrected chi connectivity index (χ4v) is 0.952. The van der Waals surface area contributed by atoms with Crippen LogP contribution in [0, 0.1) is 0 Å². The van der Waals surface area contributed by atoms with Crippen molar-refractivity contribution >= 4 is 5.91 Å². The molecule has 0 unspecified atom stereocenters. The van der Waals surface area contributed by atoms with E-state index in [1.807, 2.05) is 13.8 Å². The molecule has 4 nitrogen and oxygen atoms in total. The van der Waals surface area contributed by atoms with Gasteiger partial charge in [0.05, 0.1) is 17.9 Å². The number of nitrogens with one attached hydrogen (secondary N) is 1. The highest BCUT2D eigenvalue weighted by Gasteiger charge is 2.08. The number of carbonyl (C=O) groups is 1. The zero-order chi connectivity index (χ0) is 9.68. The average Bonchev–Trinajstić information content (AvgIpc) is 2.19. The van der Waals surface area contributed by atoms with Crippen molar-refractivity contribution in [1.29, 1.82) is 0 Å². The lowest BCUT2D eigenvalue weighted by Crippen LogP contribution is -2.26. The van der Waals surface area contributed by atoms with Crippen LogP contribution in [0.4, 0.5) is 0 Å². The smallest absolute Gasteiger partial charge is 0.220 e. The van der Waals surface area contributed by atoms with Crippen LogP contribution >= 0.6 is 0 Å². The van der Waals surface area contributed by atoms with E-state index in [0.29, 0.717) is 6.42 Å². The molecular weight excluding hydrogens is 166 g/mol.